The smallest absolute Gasteiger partial charge is 0.258 e. The average Bonchev–Trinajstić information content (AvgIpc) is 3.63. The molecule has 0 aromatic heterocycles. The van der Waals surface area contributed by atoms with Gasteiger partial charge in [-0.3, -0.25) is 4.79 Å². The Hall–Kier alpha value is -3.54. The summed E-state index contributed by atoms with van der Waals surface area (Å²) in [5.74, 6) is 0.957. The van der Waals surface area contributed by atoms with Crippen LogP contribution in [0, 0.1) is 5.82 Å². The van der Waals surface area contributed by atoms with E-state index in [4.69, 9.17) is 9.47 Å². The summed E-state index contributed by atoms with van der Waals surface area (Å²) in [5, 5.41) is 3.52. The van der Waals surface area contributed by atoms with Crippen molar-refractivity contribution < 1.29 is 18.7 Å². The van der Waals surface area contributed by atoms with Crippen molar-refractivity contribution in [2.75, 3.05) is 12.4 Å². The normalized spacial score (nSPS) is 17.7. The van der Waals surface area contributed by atoms with Gasteiger partial charge in [0.25, 0.3) is 5.91 Å². The number of carbonyl (C=O) groups excluding carboxylic acids is 1. The predicted octanol–water partition coefficient (Wildman–Crippen LogP) is 5.14. The van der Waals surface area contributed by atoms with Crippen LogP contribution in [0.5, 0.6) is 11.5 Å². The Morgan fingerprint density at radius 3 is 2.55 bits per heavy atom. The molecule has 0 saturated heterocycles. The summed E-state index contributed by atoms with van der Waals surface area (Å²) in [7, 11) is 1.59. The molecule has 31 heavy (non-hydrogen) atoms. The lowest BCUT2D eigenvalue weighted by atomic mass is 10.0. The van der Waals surface area contributed by atoms with Crippen molar-refractivity contribution in [2.24, 2.45) is 0 Å². The van der Waals surface area contributed by atoms with Gasteiger partial charge in [0, 0.05) is 11.7 Å². The van der Waals surface area contributed by atoms with E-state index in [2.05, 4.69) is 5.32 Å². The topological polar surface area (TPSA) is 50.8 Å². The molecule has 5 nitrogen and oxygen atoms in total. The van der Waals surface area contributed by atoms with Crippen LogP contribution >= 0.6 is 0 Å². The van der Waals surface area contributed by atoms with E-state index in [1.165, 1.54) is 12.1 Å². The largest absolute Gasteiger partial charge is 0.493 e. The van der Waals surface area contributed by atoms with Crippen molar-refractivity contribution in [1.29, 1.82) is 0 Å². The first kappa shape index (κ1) is 19.4. The maximum absolute atomic E-state index is 13.2. The number of fused-ring (bicyclic) bond motifs is 1. The second kappa shape index (κ2) is 7.95. The number of amides is 1. The lowest BCUT2D eigenvalue weighted by Crippen LogP contribution is -2.44. The third-order valence-corrected chi connectivity index (χ3v) is 5.71. The highest BCUT2D eigenvalue weighted by molar-refractivity contribution is 6.02. The van der Waals surface area contributed by atoms with Gasteiger partial charge >= 0.3 is 0 Å². The van der Waals surface area contributed by atoms with Gasteiger partial charge in [0.2, 0.25) is 0 Å². The van der Waals surface area contributed by atoms with E-state index in [1.807, 2.05) is 47.4 Å². The minimum absolute atomic E-state index is 0.0532. The highest BCUT2D eigenvalue weighted by atomic mass is 19.1. The maximum atomic E-state index is 13.2. The van der Waals surface area contributed by atoms with Crippen LogP contribution in [0.15, 0.2) is 66.7 Å². The first-order valence-electron chi connectivity index (χ1n) is 10.4. The predicted molar refractivity (Wildman–Crippen MR) is 116 cm³/mol. The van der Waals surface area contributed by atoms with Gasteiger partial charge in [-0.05, 0) is 60.4 Å². The van der Waals surface area contributed by atoms with Gasteiger partial charge in [-0.2, -0.15) is 0 Å². The van der Waals surface area contributed by atoms with Gasteiger partial charge in [0.05, 0.1) is 12.7 Å². The molecule has 1 atom stereocenters. The number of nitrogens with one attached hydrogen (secondary N) is 1. The van der Waals surface area contributed by atoms with Gasteiger partial charge < -0.3 is 19.7 Å². The molecule has 1 heterocycles. The van der Waals surface area contributed by atoms with Gasteiger partial charge in [-0.25, -0.2) is 4.39 Å². The number of halogens is 1. The summed E-state index contributed by atoms with van der Waals surface area (Å²) in [6.07, 6.45) is 1.76. The molecule has 1 amide bonds. The number of ether oxygens (including phenoxy) is 2. The molecule has 6 heteroatoms. The quantitative estimate of drug-likeness (QED) is 0.602. The van der Waals surface area contributed by atoms with E-state index in [9.17, 15) is 9.18 Å². The van der Waals surface area contributed by atoms with Gasteiger partial charge in [-0.15, -0.1) is 0 Å². The lowest BCUT2D eigenvalue weighted by Gasteiger charge is -2.38. The maximum Gasteiger partial charge on any atom is 0.258 e. The zero-order chi connectivity index (χ0) is 21.4. The molecule has 1 aliphatic heterocycles. The Balaban J connectivity index is 1.42. The fourth-order valence-corrected chi connectivity index (χ4v) is 3.96. The standard InChI is InChI=1S/C25H23FN2O3/c1-30-23-14-17(8-13-22(23)31-15-16-6-9-18(26)10-7-16)24-27-21-5-3-2-4-20(21)25(29)28(24)19-11-12-19/h2-10,13-14,19,24,27H,11-12,15H2,1H3/t24-/m0/s1. The molecule has 158 valence electrons. The lowest BCUT2D eigenvalue weighted by molar-refractivity contribution is 0.0666. The minimum atomic E-state index is -0.276. The number of anilines is 1. The molecular weight excluding hydrogens is 395 g/mol. The summed E-state index contributed by atoms with van der Waals surface area (Å²) in [5.41, 5.74) is 3.34. The molecule has 5 rings (SSSR count). The summed E-state index contributed by atoms with van der Waals surface area (Å²) >= 11 is 0. The van der Waals surface area contributed by atoms with Gasteiger partial charge in [0.15, 0.2) is 11.5 Å². The van der Waals surface area contributed by atoms with E-state index >= 15 is 0 Å². The Morgan fingerprint density at radius 2 is 1.81 bits per heavy atom. The van der Waals surface area contributed by atoms with Crippen LogP contribution in [0.3, 0.4) is 0 Å². The molecule has 1 aliphatic carbocycles. The Labute approximate surface area is 180 Å². The zero-order valence-electron chi connectivity index (χ0n) is 17.2. The number of carbonyl (C=O) groups is 1. The molecular formula is C25H23FN2O3. The summed E-state index contributed by atoms with van der Waals surface area (Å²) in [4.78, 5) is 15.1. The minimum Gasteiger partial charge on any atom is -0.493 e. The number of nitrogens with zero attached hydrogens (tertiary/aromatic N) is 1. The van der Waals surface area contributed by atoms with Crippen LogP contribution in [-0.2, 0) is 6.61 Å². The van der Waals surface area contributed by atoms with Crippen LogP contribution in [0.4, 0.5) is 10.1 Å². The Morgan fingerprint density at radius 1 is 1.03 bits per heavy atom. The molecule has 2 aliphatic rings. The van der Waals surface area contributed by atoms with Crippen LogP contribution in [0.25, 0.3) is 0 Å². The van der Waals surface area contributed by atoms with E-state index in [0.29, 0.717) is 23.7 Å². The van der Waals surface area contributed by atoms with Crippen LogP contribution in [0.1, 0.15) is 40.5 Å². The van der Waals surface area contributed by atoms with E-state index in [1.54, 1.807) is 19.2 Å². The highest BCUT2D eigenvalue weighted by Crippen LogP contribution is 2.42. The molecule has 0 spiro atoms. The monoisotopic (exact) mass is 418 g/mol. The highest BCUT2D eigenvalue weighted by Gasteiger charge is 2.42. The number of methoxy groups -OCH3 is 1. The van der Waals surface area contributed by atoms with Crippen molar-refractivity contribution in [3.63, 3.8) is 0 Å². The first-order chi connectivity index (χ1) is 15.1. The van der Waals surface area contributed by atoms with Crippen molar-refractivity contribution >= 4 is 11.6 Å². The number of rotatable bonds is 6. The second-order valence-electron chi connectivity index (χ2n) is 7.86. The number of hydrogen-bond donors (Lipinski definition) is 1. The fourth-order valence-electron chi connectivity index (χ4n) is 3.96. The fraction of sp³-hybridized carbons (Fsp3) is 0.240. The molecule has 0 bridgehead atoms. The zero-order valence-corrected chi connectivity index (χ0v) is 17.2. The number of para-hydroxylation sites is 1. The van der Waals surface area contributed by atoms with Crippen molar-refractivity contribution in [1.82, 2.24) is 4.90 Å². The van der Waals surface area contributed by atoms with E-state index in [-0.39, 0.29) is 23.9 Å². The second-order valence-corrected chi connectivity index (χ2v) is 7.86. The average molecular weight is 418 g/mol. The molecule has 1 N–H and O–H groups in total. The third-order valence-electron chi connectivity index (χ3n) is 5.71. The van der Waals surface area contributed by atoms with Crippen molar-refractivity contribution in [3.8, 4) is 11.5 Å². The summed E-state index contributed by atoms with van der Waals surface area (Å²) in [6.45, 7) is 0.303. The number of benzene rings is 3. The Kier molecular flexibility index (Phi) is 4.98. The van der Waals surface area contributed by atoms with Crippen molar-refractivity contribution in [2.45, 2.75) is 31.7 Å². The van der Waals surface area contributed by atoms with E-state index in [0.717, 1.165) is 29.7 Å². The van der Waals surface area contributed by atoms with Crippen LogP contribution in [0.2, 0.25) is 0 Å². The Bertz CT molecular complexity index is 1110. The molecule has 0 unspecified atom stereocenters. The summed E-state index contributed by atoms with van der Waals surface area (Å²) in [6, 6.07) is 19.8. The molecule has 1 fully saturated rings. The van der Waals surface area contributed by atoms with Gasteiger partial charge in [0.1, 0.15) is 18.6 Å². The van der Waals surface area contributed by atoms with Gasteiger partial charge in [-0.1, -0.05) is 30.3 Å². The molecule has 1 saturated carbocycles. The van der Waals surface area contributed by atoms with Crippen LogP contribution in [-0.4, -0.2) is 24.0 Å². The first-order valence-corrected chi connectivity index (χ1v) is 10.4. The third kappa shape index (κ3) is 3.81. The van der Waals surface area contributed by atoms with E-state index < -0.39 is 0 Å². The SMILES string of the molecule is COc1cc([C@H]2Nc3ccccc3C(=O)N2C2CC2)ccc1OCc1ccc(F)cc1. The number of hydrogen-bond acceptors (Lipinski definition) is 4. The molecule has 3 aromatic rings. The molecule has 3 aromatic carbocycles. The van der Waals surface area contributed by atoms with Crippen LogP contribution < -0.4 is 14.8 Å². The molecule has 0 radical (unpaired) electrons. The van der Waals surface area contributed by atoms with Crippen molar-refractivity contribution in [3.05, 3.63) is 89.2 Å². The summed E-state index contributed by atoms with van der Waals surface area (Å²) < 4.78 is 24.6.